The van der Waals surface area contributed by atoms with E-state index in [0.717, 1.165) is 32.4 Å². The third-order valence-corrected chi connectivity index (χ3v) is 3.27. The molecule has 0 bridgehead atoms. The van der Waals surface area contributed by atoms with Gasteiger partial charge in [0.1, 0.15) is 6.04 Å². The van der Waals surface area contributed by atoms with Crippen LogP contribution < -0.4 is 5.32 Å². The van der Waals surface area contributed by atoms with Gasteiger partial charge in [0.25, 0.3) is 0 Å². The summed E-state index contributed by atoms with van der Waals surface area (Å²) in [5.41, 5.74) is 0. The minimum absolute atomic E-state index is 0.172. The fourth-order valence-corrected chi connectivity index (χ4v) is 2.21. The standard InChI is InChI=1S/C12H23NO3/c1-4-10(12(14)15-3)13-8-9-6-7-16-11(9)5-2/h9-11,13H,4-8H2,1-3H3. The number of hydrogen-bond donors (Lipinski definition) is 1. The minimum atomic E-state index is -0.178. The first-order chi connectivity index (χ1) is 7.72. The molecule has 1 heterocycles. The molecule has 1 fully saturated rings. The van der Waals surface area contributed by atoms with Crippen LogP contribution in [0.15, 0.2) is 0 Å². The van der Waals surface area contributed by atoms with Gasteiger partial charge in [0.05, 0.1) is 13.2 Å². The number of esters is 1. The molecule has 0 amide bonds. The SMILES string of the molecule is CCC(NCC1CCOC1CC)C(=O)OC. The summed E-state index contributed by atoms with van der Waals surface area (Å²) in [4.78, 5) is 11.4. The number of nitrogens with one attached hydrogen (secondary N) is 1. The Bertz CT molecular complexity index is 220. The summed E-state index contributed by atoms with van der Waals surface area (Å²) in [7, 11) is 1.43. The topological polar surface area (TPSA) is 47.6 Å². The number of methoxy groups -OCH3 is 1. The van der Waals surface area contributed by atoms with Gasteiger partial charge in [0.15, 0.2) is 0 Å². The number of carbonyl (C=O) groups excluding carboxylic acids is 1. The van der Waals surface area contributed by atoms with Gasteiger partial charge >= 0.3 is 5.97 Å². The Morgan fingerprint density at radius 2 is 2.31 bits per heavy atom. The summed E-state index contributed by atoms with van der Waals surface area (Å²) in [5, 5.41) is 3.27. The number of ether oxygens (including phenoxy) is 2. The van der Waals surface area contributed by atoms with Crippen LogP contribution in [0.4, 0.5) is 0 Å². The zero-order valence-electron chi connectivity index (χ0n) is 10.5. The van der Waals surface area contributed by atoms with Crippen molar-refractivity contribution >= 4 is 5.97 Å². The molecule has 1 saturated heterocycles. The van der Waals surface area contributed by atoms with Crippen LogP contribution in [-0.4, -0.2) is 38.4 Å². The maximum absolute atomic E-state index is 11.4. The third-order valence-electron chi connectivity index (χ3n) is 3.27. The van der Waals surface area contributed by atoms with Crippen molar-refractivity contribution in [1.29, 1.82) is 0 Å². The first-order valence-electron chi connectivity index (χ1n) is 6.15. The Morgan fingerprint density at radius 1 is 1.56 bits per heavy atom. The van der Waals surface area contributed by atoms with Crippen LogP contribution in [0, 0.1) is 5.92 Å². The molecule has 4 heteroatoms. The van der Waals surface area contributed by atoms with E-state index in [1.54, 1.807) is 0 Å². The van der Waals surface area contributed by atoms with Gasteiger partial charge in [-0.3, -0.25) is 4.79 Å². The number of carbonyl (C=O) groups is 1. The lowest BCUT2D eigenvalue weighted by molar-refractivity contribution is -0.143. The number of hydrogen-bond acceptors (Lipinski definition) is 4. The molecule has 0 spiro atoms. The maximum Gasteiger partial charge on any atom is 0.322 e. The predicted octanol–water partition coefficient (Wildman–Crippen LogP) is 1.34. The highest BCUT2D eigenvalue weighted by atomic mass is 16.5. The molecule has 1 N–H and O–H groups in total. The zero-order valence-corrected chi connectivity index (χ0v) is 10.5. The van der Waals surface area contributed by atoms with Gasteiger partial charge in [-0.25, -0.2) is 0 Å². The molecule has 0 aromatic rings. The second-order valence-corrected chi connectivity index (χ2v) is 4.26. The van der Waals surface area contributed by atoms with E-state index in [1.807, 2.05) is 6.92 Å². The van der Waals surface area contributed by atoms with E-state index in [2.05, 4.69) is 12.2 Å². The molecule has 3 unspecified atom stereocenters. The van der Waals surface area contributed by atoms with Crippen molar-refractivity contribution in [2.24, 2.45) is 5.92 Å². The van der Waals surface area contributed by atoms with Gasteiger partial charge in [-0.15, -0.1) is 0 Å². The number of rotatable bonds is 6. The van der Waals surface area contributed by atoms with Gasteiger partial charge in [-0.1, -0.05) is 13.8 Å². The van der Waals surface area contributed by atoms with Crippen LogP contribution >= 0.6 is 0 Å². The largest absolute Gasteiger partial charge is 0.468 e. The smallest absolute Gasteiger partial charge is 0.322 e. The van der Waals surface area contributed by atoms with E-state index < -0.39 is 0 Å². The molecular weight excluding hydrogens is 206 g/mol. The van der Waals surface area contributed by atoms with E-state index in [9.17, 15) is 4.79 Å². The van der Waals surface area contributed by atoms with Crippen LogP contribution in [0.2, 0.25) is 0 Å². The maximum atomic E-state index is 11.4. The monoisotopic (exact) mass is 229 g/mol. The van der Waals surface area contributed by atoms with Crippen molar-refractivity contribution < 1.29 is 14.3 Å². The minimum Gasteiger partial charge on any atom is -0.468 e. The zero-order chi connectivity index (χ0) is 12.0. The van der Waals surface area contributed by atoms with E-state index in [4.69, 9.17) is 9.47 Å². The Morgan fingerprint density at radius 3 is 2.88 bits per heavy atom. The van der Waals surface area contributed by atoms with Crippen LogP contribution in [0.25, 0.3) is 0 Å². The lowest BCUT2D eigenvalue weighted by Crippen LogP contribution is -2.41. The van der Waals surface area contributed by atoms with Crippen molar-refractivity contribution in [3.63, 3.8) is 0 Å². The van der Waals surface area contributed by atoms with Crippen molar-refractivity contribution in [3.8, 4) is 0 Å². The second-order valence-electron chi connectivity index (χ2n) is 4.26. The van der Waals surface area contributed by atoms with Crippen LogP contribution in [0.3, 0.4) is 0 Å². The molecule has 0 saturated carbocycles. The molecule has 0 radical (unpaired) electrons. The van der Waals surface area contributed by atoms with Crippen LogP contribution in [0.1, 0.15) is 33.1 Å². The lowest BCUT2D eigenvalue weighted by atomic mass is 9.99. The highest BCUT2D eigenvalue weighted by Crippen LogP contribution is 2.22. The molecule has 0 aliphatic carbocycles. The fraction of sp³-hybridized carbons (Fsp3) is 0.917. The average Bonchev–Trinajstić information content (AvgIpc) is 2.76. The molecule has 0 aromatic carbocycles. The normalized spacial score (nSPS) is 26.7. The first-order valence-corrected chi connectivity index (χ1v) is 6.15. The molecule has 0 aromatic heterocycles. The van der Waals surface area contributed by atoms with E-state index in [-0.39, 0.29) is 12.0 Å². The molecular formula is C12H23NO3. The summed E-state index contributed by atoms with van der Waals surface area (Å²) in [6.45, 7) is 5.81. The van der Waals surface area contributed by atoms with E-state index >= 15 is 0 Å². The molecule has 1 aliphatic rings. The van der Waals surface area contributed by atoms with E-state index in [1.165, 1.54) is 7.11 Å². The second kappa shape index (κ2) is 6.86. The molecule has 1 aliphatic heterocycles. The molecule has 16 heavy (non-hydrogen) atoms. The molecule has 1 rings (SSSR count). The Kier molecular flexibility index (Phi) is 5.77. The summed E-state index contributed by atoms with van der Waals surface area (Å²) < 4.78 is 10.4. The average molecular weight is 229 g/mol. The highest BCUT2D eigenvalue weighted by molar-refractivity contribution is 5.75. The Labute approximate surface area is 97.7 Å². The lowest BCUT2D eigenvalue weighted by Gasteiger charge is -2.20. The van der Waals surface area contributed by atoms with Crippen molar-refractivity contribution in [2.75, 3.05) is 20.3 Å². The van der Waals surface area contributed by atoms with Gasteiger partial charge < -0.3 is 14.8 Å². The Balaban J connectivity index is 2.34. The summed E-state index contributed by atoms with van der Waals surface area (Å²) in [6.07, 6.45) is 3.24. The summed E-state index contributed by atoms with van der Waals surface area (Å²) >= 11 is 0. The van der Waals surface area contributed by atoms with Gasteiger partial charge in [0, 0.05) is 13.2 Å². The van der Waals surface area contributed by atoms with Crippen LogP contribution in [0.5, 0.6) is 0 Å². The van der Waals surface area contributed by atoms with Crippen molar-refractivity contribution in [1.82, 2.24) is 5.32 Å². The van der Waals surface area contributed by atoms with Gasteiger partial charge in [0.2, 0.25) is 0 Å². The van der Waals surface area contributed by atoms with Crippen molar-refractivity contribution in [2.45, 2.75) is 45.3 Å². The Hall–Kier alpha value is -0.610. The van der Waals surface area contributed by atoms with Gasteiger partial charge in [-0.2, -0.15) is 0 Å². The third kappa shape index (κ3) is 3.46. The first kappa shape index (κ1) is 13.5. The molecule has 4 nitrogen and oxygen atoms in total. The van der Waals surface area contributed by atoms with Crippen LogP contribution in [-0.2, 0) is 14.3 Å². The summed E-state index contributed by atoms with van der Waals surface area (Å²) in [5.74, 6) is 0.359. The van der Waals surface area contributed by atoms with Crippen molar-refractivity contribution in [3.05, 3.63) is 0 Å². The molecule has 94 valence electrons. The van der Waals surface area contributed by atoms with E-state index in [0.29, 0.717) is 12.0 Å². The fourth-order valence-electron chi connectivity index (χ4n) is 2.21. The quantitative estimate of drug-likeness (QED) is 0.698. The highest BCUT2D eigenvalue weighted by Gasteiger charge is 2.27. The predicted molar refractivity (Wildman–Crippen MR) is 62.2 cm³/mol. The van der Waals surface area contributed by atoms with Gasteiger partial charge in [-0.05, 0) is 25.2 Å². The molecule has 3 atom stereocenters. The summed E-state index contributed by atoms with van der Waals surface area (Å²) in [6, 6.07) is -0.178.